The standard InChI is InChI=1S/C18H14N4O2/c23-18(22-14-2-1-6-19-10-14)21-13-3-4-16-15-5-7-20-9-12(15)11-24-17(16)8-13/h1-10H,11H2,(H2,21,22,23). The van der Waals surface area contributed by atoms with Gasteiger partial charge in [-0.05, 0) is 35.9 Å². The van der Waals surface area contributed by atoms with Gasteiger partial charge < -0.3 is 15.4 Å². The molecular weight excluding hydrogens is 304 g/mol. The molecule has 0 spiro atoms. The largest absolute Gasteiger partial charge is 0.488 e. The molecule has 6 nitrogen and oxygen atoms in total. The molecule has 0 atom stereocenters. The van der Waals surface area contributed by atoms with Crippen LogP contribution in [0, 0.1) is 0 Å². The van der Waals surface area contributed by atoms with E-state index in [1.54, 1.807) is 30.7 Å². The molecule has 2 aromatic heterocycles. The molecule has 6 heteroatoms. The lowest BCUT2D eigenvalue weighted by Gasteiger charge is -2.21. The zero-order valence-electron chi connectivity index (χ0n) is 12.7. The molecular formula is C18H14N4O2. The second-order valence-electron chi connectivity index (χ2n) is 5.35. The molecule has 0 aliphatic carbocycles. The van der Waals surface area contributed by atoms with Gasteiger partial charge in [0.2, 0.25) is 0 Å². The number of urea groups is 1. The topological polar surface area (TPSA) is 76.1 Å². The predicted octanol–water partition coefficient (Wildman–Crippen LogP) is 3.68. The van der Waals surface area contributed by atoms with Crippen LogP contribution in [0.15, 0.2) is 61.2 Å². The number of nitrogens with zero attached hydrogens (tertiary/aromatic N) is 2. The molecule has 0 bridgehead atoms. The van der Waals surface area contributed by atoms with Crippen LogP contribution in [0.5, 0.6) is 5.75 Å². The lowest BCUT2D eigenvalue weighted by Crippen LogP contribution is -2.19. The van der Waals surface area contributed by atoms with Crippen molar-refractivity contribution in [1.29, 1.82) is 0 Å². The van der Waals surface area contributed by atoms with Crippen LogP contribution in [0.2, 0.25) is 0 Å². The Morgan fingerprint density at radius 1 is 0.958 bits per heavy atom. The summed E-state index contributed by atoms with van der Waals surface area (Å²) in [6, 6.07) is 10.8. The highest BCUT2D eigenvalue weighted by atomic mass is 16.5. The fourth-order valence-corrected chi connectivity index (χ4v) is 2.63. The number of rotatable bonds is 2. The number of hydrogen-bond donors (Lipinski definition) is 2. The second-order valence-corrected chi connectivity index (χ2v) is 5.35. The molecule has 3 heterocycles. The molecule has 0 radical (unpaired) electrons. The van der Waals surface area contributed by atoms with Gasteiger partial charge in [-0.15, -0.1) is 0 Å². The van der Waals surface area contributed by atoms with Gasteiger partial charge in [0.15, 0.2) is 0 Å². The quantitative estimate of drug-likeness (QED) is 0.755. The van der Waals surface area contributed by atoms with E-state index in [9.17, 15) is 4.79 Å². The Hall–Kier alpha value is -3.41. The Kier molecular flexibility index (Phi) is 3.55. The van der Waals surface area contributed by atoms with E-state index in [4.69, 9.17) is 4.74 Å². The second kappa shape index (κ2) is 6.00. The van der Waals surface area contributed by atoms with Gasteiger partial charge in [-0.2, -0.15) is 0 Å². The Balaban J connectivity index is 1.53. The normalized spacial score (nSPS) is 11.7. The average molecular weight is 318 g/mol. The van der Waals surface area contributed by atoms with Crippen molar-refractivity contribution in [2.24, 2.45) is 0 Å². The van der Waals surface area contributed by atoms with E-state index in [1.165, 1.54) is 0 Å². The molecule has 4 rings (SSSR count). The Morgan fingerprint density at radius 2 is 1.83 bits per heavy atom. The summed E-state index contributed by atoms with van der Waals surface area (Å²) in [5.41, 5.74) is 4.45. The molecule has 1 aromatic carbocycles. The minimum Gasteiger partial charge on any atom is -0.488 e. The van der Waals surface area contributed by atoms with Crippen LogP contribution in [0.1, 0.15) is 5.56 Å². The number of aromatic nitrogens is 2. The van der Waals surface area contributed by atoms with E-state index in [-0.39, 0.29) is 6.03 Å². The van der Waals surface area contributed by atoms with E-state index < -0.39 is 0 Å². The molecule has 0 unspecified atom stereocenters. The fourth-order valence-electron chi connectivity index (χ4n) is 2.63. The smallest absolute Gasteiger partial charge is 0.323 e. The minimum atomic E-state index is -0.330. The number of pyridine rings is 2. The van der Waals surface area contributed by atoms with E-state index in [2.05, 4.69) is 20.6 Å². The van der Waals surface area contributed by atoms with Crippen molar-refractivity contribution in [3.05, 3.63) is 66.7 Å². The first-order valence-corrected chi connectivity index (χ1v) is 7.48. The van der Waals surface area contributed by atoms with Gasteiger partial charge in [0.05, 0.1) is 11.9 Å². The summed E-state index contributed by atoms with van der Waals surface area (Å²) in [4.78, 5) is 20.1. The first-order valence-electron chi connectivity index (χ1n) is 7.48. The van der Waals surface area contributed by atoms with Crippen LogP contribution in [0.3, 0.4) is 0 Å². The van der Waals surface area contributed by atoms with Gasteiger partial charge in [0.25, 0.3) is 0 Å². The zero-order chi connectivity index (χ0) is 16.4. The third kappa shape index (κ3) is 2.77. The number of fused-ring (bicyclic) bond motifs is 3. The fraction of sp³-hybridized carbons (Fsp3) is 0.0556. The number of hydrogen-bond acceptors (Lipinski definition) is 4. The van der Waals surface area contributed by atoms with Crippen LogP contribution in [0.4, 0.5) is 16.2 Å². The third-order valence-electron chi connectivity index (χ3n) is 3.74. The van der Waals surface area contributed by atoms with E-state index in [0.29, 0.717) is 18.0 Å². The molecule has 2 amide bonds. The van der Waals surface area contributed by atoms with Crippen LogP contribution in [-0.2, 0) is 6.61 Å². The number of carbonyl (C=O) groups is 1. The molecule has 3 aromatic rings. The molecule has 24 heavy (non-hydrogen) atoms. The van der Waals surface area contributed by atoms with Crippen molar-refractivity contribution in [1.82, 2.24) is 9.97 Å². The monoisotopic (exact) mass is 318 g/mol. The number of carbonyl (C=O) groups excluding carboxylic acids is 1. The summed E-state index contributed by atoms with van der Waals surface area (Å²) >= 11 is 0. The van der Waals surface area contributed by atoms with Gasteiger partial charge in [0.1, 0.15) is 12.4 Å². The van der Waals surface area contributed by atoms with Crippen molar-refractivity contribution in [3.63, 3.8) is 0 Å². The predicted molar refractivity (Wildman–Crippen MR) is 90.9 cm³/mol. The van der Waals surface area contributed by atoms with Crippen LogP contribution in [0.25, 0.3) is 11.1 Å². The summed E-state index contributed by atoms with van der Waals surface area (Å²) in [6.07, 6.45) is 6.81. The molecule has 0 saturated carbocycles. The maximum atomic E-state index is 12.0. The minimum absolute atomic E-state index is 0.330. The summed E-state index contributed by atoms with van der Waals surface area (Å²) in [5.74, 6) is 0.743. The molecule has 1 aliphatic heterocycles. The summed E-state index contributed by atoms with van der Waals surface area (Å²) in [5, 5.41) is 5.52. The number of nitrogens with one attached hydrogen (secondary N) is 2. The van der Waals surface area contributed by atoms with Crippen molar-refractivity contribution in [3.8, 4) is 16.9 Å². The van der Waals surface area contributed by atoms with E-state index in [0.717, 1.165) is 22.4 Å². The van der Waals surface area contributed by atoms with Crippen molar-refractivity contribution < 1.29 is 9.53 Å². The zero-order valence-corrected chi connectivity index (χ0v) is 12.7. The lowest BCUT2D eigenvalue weighted by molar-refractivity contribution is 0.262. The van der Waals surface area contributed by atoms with Crippen molar-refractivity contribution >= 4 is 17.4 Å². The molecule has 0 fully saturated rings. The Bertz CT molecular complexity index is 897. The molecule has 118 valence electrons. The highest BCUT2D eigenvalue weighted by Crippen LogP contribution is 2.38. The Labute approximate surface area is 138 Å². The van der Waals surface area contributed by atoms with Crippen LogP contribution in [-0.4, -0.2) is 16.0 Å². The van der Waals surface area contributed by atoms with Crippen LogP contribution >= 0.6 is 0 Å². The lowest BCUT2D eigenvalue weighted by atomic mass is 9.99. The third-order valence-corrected chi connectivity index (χ3v) is 3.74. The van der Waals surface area contributed by atoms with E-state index >= 15 is 0 Å². The first kappa shape index (κ1) is 14.2. The van der Waals surface area contributed by atoms with E-state index in [1.807, 2.05) is 30.5 Å². The highest BCUT2D eigenvalue weighted by molar-refractivity contribution is 6.00. The highest BCUT2D eigenvalue weighted by Gasteiger charge is 2.17. The number of anilines is 2. The maximum Gasteiger partial charge on any atom is 0.323 e. The number of ether oxygens (including phenoxy) is 1. The first-order chi connectivity index (χ1) is 11.8. The van der Waals surface area contributed by atoms with Gasteiger partial charge in [-0.3, -0.25) is 9.97 Å². The maximum absolute atomic E-state index is 12.0. The van der Waals surface area contributed by atoms with Crippen molar-refractivity contribution in [2.45, 2.75) is 6.61 Å². The summed E-state index contributed by atoms with van der Waals surface area (Å²) < 4.78 is 5.77. The number of benzene rings is 1. The van der Waals surface area contributed by atoms with Gasteiger partial charge in [-0.1, -0.05) is 0 Å². The van der Waals surface area contributed by atoms with Crippen molar-refractivity contribution in [2.75, 3.05) is 10.6 Å². The van der Waals surface area contributed by atoms with Crippen LogP contribution < -0.4 is 15.4 Å². The van der Waals surface area contributed by atoms with Gasteiger partial charge in [-0.25, -0.2) is 4.79 Å². The van der Waals surface area contributed by atoms with Gasteiger partial charge >= 0.3 is 6.03 Å². The molecule has 0 saturated heterocycles. The molecule has 2 N–H and O–H groups in total. The Morgan fingerprint density at radius 3 is 2.71 bits per heavy atom. The van der Waals surface area contributed by atoms with Gasteiger partial charge in [0, 0.05) is 41.5 Å². The SMILES string of the molecule is O=C(Nc1cccnc1)Nc1ccc2c(c1)OCc1cnccc1-2. The molecule has 1 aliphatic rings. The summed E-state index contributed by atoms with van der Waals surface area (Å²) in [7, 11) is 0. The summed E-state index contributed by atoms with van der Waals surface area (Å²) in [6.45, 7) is 0.474. The number of amides is 2. The average Bonchev–Trinajstić information content (AvgIpc) is 2.62.